The Hall–Kier alpha value is -3.73. The summed E-state index contributed by atoms with van der Waals surface area (Å²) in [4.78, 5) is 15.8. The number of aromatic amines is 1. The molecule has 0 atom stereocenters. The number of rotatable bonds is 3. The molecule has 3 aromatic carbocycles. The van der Waals surface area contributed by atoms with Gasteiger partial charge in [0.1, 0.15) is 5.52 Å². The lowest BCUT2D eigenvalue weighted by Gasteiger charge is -2.08. The number of hydrogen-bond acceptors (Lipinski definition) is 3. The van der Waals surface area contributed by atoms with E-state index in [2.05, 4.69) is 27.4 Å². The zero-order valence-corrected chi connectivity index (χ0v) is 14.5. The molecule has 0 aliphatic rings. The highest BCUT2D eigenvalue weighted by atomic mass is 16.1. The fraction of sp³-hybridized carbons (Fsp3) is 0.0455. The van der Waals surface area contributed by atoms with Crippen molar-refractivity contribution >= 4 is 21.9 Å². The third kappa shape index (κ3) is 2.60. The van der Waals surface area contributed by atoms with Crippen LogP contribution in [0.3, 0.4) is 0 Å². The van der Waals surface area contributed by atoms with E-state index in [1.807, 2.05) is 66.7 Å². The van der Waals surface area contributed by atoms with E-state index in [0.29, 0.717) is 17.6 Å². The van der Waals surface area contributed by atoms with Gasteiger partial charge >= 0.3 is 0 Å². The Balaban J connectivity index is 1.79. The van der Waals surface area contributed by atoms with Crippen molar-refractivity contribution in [1.82, 2.24) is 20.0 Å². The number of benzene rings is 3. The predicted molar refractivity (Wildman–Crippen MR) is 107 cm³/mol. The van der Waals surface area contributed by atoms with Gasteiger partial charge in [0.25, 0.3) is 5.56 Å². The fourth-order valence-corrected chi connectivity index (χ4v) is 3.52. The molecule has 0 radical (unpaired) electrons. The van der Waals surface area contributed by atoms with Gasteiger partial charge in [-0.2, -0.15) is 0 Å². The summed E-state index contributed by atoms with van der Waals surface area (Å²) in [6.45, 7) is 0.499. The van der Waals surface area contributed by atoms with Gasteiger partial charge in [-0.3, -0.25) is 4.79 Å². The molecule has 5 rings (SSSR count). The first-order valence-corrected chi connectivity index (χ1v) is 8.79. The zero-order valence-electron chi connectivity index (χ0n) is 14.5. The maximum absolute atomic E-state index is 12.8. The Morgan fingerprint density at radius 2 is 1.59 bits per heavy atom. The summed E-state index contributed by atoms with van der Waals surface area (Å²) in [5.74, 6) is 0. The van der Waals surface area contributed by atoms with Crippen LogP contribution < -0.4 is 5.56 Å². The van der Waals surface area contributed by atoms with E-state index >= 15 is 0 Å². The van der Waals surface area contributed by atoms with Crippen molar-refractivity contribution in [2.75, 3.05) is 0 Å². The highest BCUT2D eigenvalue weighted by Crippen LogP contribution is 2.31. The number of fused-ring (bicyclic) bond motifs is 3. The molecule has 0 unspecified atom stereocenters. The Kier molecular flexibility index (Phi) is 3.57. The van der Waals surface area contributed by atoms with Crippen LogP contribution in [0.4, 0.5) is 0 Å². The summed E-state index contributed by atoms with van der Waals surface area (Å²) in [5.41, 5.74) is 4.89. The van der Waals surface area contributed by atoms with Crippen LogP contribution in [0.2, 0.25) is 0 Å². The number of nitrogens with one attached hydrogen (secondary N) is 1. The number of hydrogen-bond donors (Lipinski definition) is 1. The van der Waals surface area contributed by atoms with E-state index in [1.165, 1.54) is 0 Å². The van der Waals surface area contributed by atoms with Crippen LogP contribution in [0.15, 0.2) is 83.7 Å². The third-order valence-corrected chi connectivity index (χ3v) is 4.76. The quantitative estimate of drug-likeness (QED) is 0.534. The van der Waals surface area contributed by atoms with Crippen LogP contribution >= 0.6 is 0 Å². The number of pyridine rings is 1. The Labute approximate surface area is 154 Å². The van der Waals surface area contributed by atoms with Crippen molar-refractivity contribution in [3.8, 4) is 11.1 Å². The van der Waals surface area contributed by atoms with Crippen molar-refractivity contribution in [3.63, 3.8) is 0 Å². The Morgan fingerprint density at radius 1 is 0.852 bits per heavy atom. The smallest absolute Gasteiger partial charge is 0.276 e. The standard InChI is InChI=1S/C22H16N4O/c27-22-21-20(24-25-26(21)14-15-8-3-1-4-9-15)19-17(12-7-13-18(19)23-22)16-10-5-2-6-11-16/h1-13H,14H2,(H,23,27). The van der Waals surface area contributed by atoms with Crippen molar-refractivity contribution in [3.05, 3.63) is 94.8 Å². The number of nitrogens with zero attached hydrogens (tertiary/aromatic N) is 3. The first kappa shape index (κ1) is 15.5. The minimum atomic E-state index is -0.177. The molecule has 27 heavy (non-hydrogen) atoms. The monoisotopic (exact) mass is 352 g/mol. The van der Waals surface area contributed by atoms with Gasteiger partial charge in [-0.25, -0.2) is 4.68 Å². The number of H-pyrrole nitrogens is 1. The average molecular weight is 352 g/mol. The van der Waals surface area contributed by atoms with Gasteiger partial charge in [-0.1, -0.05) is 78.0 Å². The lowest BCUT2D eigenvalue weighted by Crippen LogP contribution is -2.13. The van der Waals surface area contributed by atoms with E-state index in [9.17, 15) is 4.79 Å². The SMILES string of the molecule is O=c1[nH]c2cccc(-c3ccccc3)c2c2nnn(Cc3ccccc3)c12. The topological polar surface area (TPSA) is 63.6 Å². The normalized spacial score (nSPS) is 11.3. The summed E-state index contributed by atoms with van der Waals surface area (Å²) in [6, 6.07) is 25.9. The molecule has 0 amide bonds. The fourth-order valence-electron chi connectivity index (χ4n) is 3.52. The summed E-state index contributed by atoms with van der Waals surface area (Å²) < 4.78 is 1.67. The Morgan fingerprint density at radius 3 is 2.37 bits per heavy atom. The van der Waals surface area contributed by atoms with Crippen molar-refractivity contribution in [2.45, 2.75) is 6.54 Å². The minimum Gasteiger partial charge on any atom is -0.320 e. The van der Waals surface area contributed by atoms with E-state index in [-0.39, 0.29) is 5.56 Å². The van der Waals surface area contributed by atoms with E-state index < -0.39 is 0 Å². The largest absolute Gasteiger partial charge is 0.320 e. The van der Waals surface area contributed by atoms with Crippen LogP contribution in [0.1, 0.15) is 5.56 Å². The molecule has 0 spiro atoms. The first-order chi connectivity index (χ1) is 13.3. The molecular weight excluding hydrogens is 336 g/mol. The molecule has 0 saturated heterocycles. The molecule has 5 heteroatoms. The molecule has 0 bridgehead atoms. The van der Waals surface area contributed by atoms with Gasteiger partial charge in [0.2, 0.25) is 0 Å². The van der Waals surface area contributed by atoms with Crippen molar-refractivity contribution in [1.29, 1.82) is 0 Å². The highest BCUT2D eigenvalue weighted by molar-refractivity contribution is 6.09. The molecule has 0 saturated carbocycles. The first-order valence-electron chi connectivity index (χ1n) is 8.79. The number of aromatic nitrogens is 4. The summed E-state index contributed by atoms with van der Waals surface area (Å²) in [7, 11) is 0. The molecule has 0 aliphatic carbocycles. The van der Waals surface area contributed by atoms with Gasteiger partial charge in [-0.05, 0) is 22.8 Å². The third-order valence-electron chi connectivity index (χ3n) is 4.76. The van der Waals surface area contributed by atoms with Crippen LogP contribution in [-0.4, -0.2) is 20.0 Å². The lowest BCUT2D eigenvalue weighted by atomic mass is 10.00. The summed E-state index contributed by atoms with van der Waals surface area (Å²) in [6.07, 6.45) is 0. The molecule has 2 heterocycles. The predicted octanol–water partition coefficient (Wildman–Crippen LogP) is 3.99. The van der Waals surface area contributed by atoms with E-state index in [1.54, 1.807) is 4.68 Å². The second-order valence-corrected chi connectivity index (χ2v) is 6.48. The van der Waals surface area contributed by atoms with Crippen LogP contribution in [0.25, 0.3) is 33.1 Å². The summed E-state index contributed by atoms with van der Waals surface area (Å²) >= 11 is 0. The van der Waals surface area contributed by atoms with Crippen LogP contribution in [0, 0.1) is 0 Å². The van der Waals surface area contributed by atoms with Crippen LogP contribution in [0.5, 0.6) is 0 Å². The summed E-state index contributed by atoms with van der Waals surface area (Å²) in [5, 5.41) is 9.58. The second-order valence-electron chi connectivity index (χ2n) is 6.48. The van der Waals surface area contributed by atoms with Crippen molar-refractivity contribution in [2.24, 2.45) is 0 Å². The lowest BCUT2D eigenvalue weighted by molar-refractivity contribution is 0.668. The minimum absolute atomic E-state index is 0.177. The average Bonchev–Trinajstić information content (AvgIpc) is 3.13. The molecular formula is C22H16N4O. The molecule has 5 nitrogen and oxygen atoms in total. The van der Waals surface area contributed by atoms with Gasteiger partial charge in [0.15, 0.2) is 5.52 Å². The molecule has 1 N–H and O–H groups in total. The van der Waals surface area contributed by atoms with Gasteiger partial charge in [-0.15, -0.1) is 5.10 Å². The van der Waals surface area contributed by atoms with E-state index in [0.717, 1.165) is 27.6 Å². The zero-order chi connectivity index (χ0) is 18.2. The Bertz CT molecular complexity index is 1300. The van der Waals surface area contributed by atoms with Gasteiger partial charge in [0, 0.05) is 5.39 Å². The van der Waals surface area contributed by atoms with E-state index in [4.69, 9.17) is 0 Å². The maximum Gasteiger partial charge on any atom is 0.276 e. The van der Waals surface area contributed by atoms with Crippen molar-refractivity contribution < 1.29 is 0 Å². The van der Waals surface area contributed by atoms with Gasteiger partial charge < -0.3 is 4.98 Å². The molecule has 130 valence electrons. The molecule has 0 aliphatic heterocycles. The second kappa shape index (κ2) is 6.21. The molecule has 2 aromatic heterocycles. The van der Waals surface area contributed by atoms with Crippen LogP contribution in [-0.2, 0) is 6.54 Å². The highest BCUT2D eigenvalue weighted by Gasteiger charge is 2.16. The molecule has 0 fully saturated rings. The molecule has 5 aromatic rings. The maximum atomic E-state index is 12.8. The van der Waals surface area contributed by atoms with Gasteiger partial charge in [0.05, 0.1) is 12.1 Å².